The van der Waals surface area contributed by atoms with E-state index >= 15 is 0 Å². The lowest BCUT2D eigenvalue weighted by atomic mass is 9.81. The number of nitrogens with zero attached hydrogens (tertiary/aromatic N) is 1. The summed E-state index contributed by atoms with van der Waals surface area (Å²) >= 11 is 0. The molecular formula is C24H42N2O. The van der Waals surface area contributed by atoms with E-state index in [0.717, 1.165) is 30.0 Å². The second-order valence-electron chi connectivity index (χ2n) is 8.55. The minimum atomic E-state index is 0.828. The van der Waals surface area contributed by atoms with Crippen LogP contribution in [0.3, 0.4) is 0 Å². The first-order valence-corrected chi connectivity index (χ1v) is 11.2. The van der Waals surface area contributed by atoms with E-state index < -0.39 is 0 Å². The van der Waals surface area contributed by atoms with E-state index in [1.165, 1.54) is 70.1 Å². The van der Waals surface area contributed by atoms with Crippen molar-refractivity contribution in [2.45, 2.75) is 65.3 Å². The molecule has 1 N–H and O–H groups in total. The highest BCUT2D eigenvalue weighted by atomic mass is 16.5. The quantitative estimate of drug-likeness (QED) is 0.534. The van der Waals surface area contributed by atoms with Crippen molar-refractivity contribution in [3.63, 3.8) is 0 Å². The van der Waals surface area contributed by atoms with Crippen molar-refractivity contribution in [2.75, 3.05) is 33.8 Å². The molecule has 0 aliphatic heterocycles. The van der Waals surface area contributed by atoms with Crippen molar-refractivity contribution in [2.24, 2.45) is 17.8 Å². The highest BCUT2D eigenvalue weighted by Gasteiger charge is 2.23. The standard InChI is InChI=1S/C24H42N2O/c1-5-7-20(6-2)17-26(19-23-12-14-24(27-4)15-13-23)18-22-10-8-21(9-11-22)16-25-3/h12-15,20-22,25H,5-11,16-19H2,1-4H3. The SMILES string of the molecule is CCCC(CC)CN(Cc1ccc(OC)cc1)CC1CCC(CNC)CC1. The molecule has 0 saturated heterocycles. The number of rotatable bonds is 12. The Morgan fingerprint density at radius 2 is 1.74 bits per heavy atom. The van der Waals surface area contributed by atoms with Gasteiger partial charge < -0.3 is 10.1 Å². The first kappa shape index (κ1) is 22.2. The molecule has 1 atom stereocenters. The van der Waals surface area contributed by atoms with Crippen LogP contribution in [0.2, 0.25) is 0 Å². The predicted octanol–water partition coefficient (Wildman–Crippen LogP) is 5.35. The summed E-state index contributed by atoms with van der Waals surface area (Å²) in [6.45, 7) is 9.44. The van der Waals surface area contributed by atoms with Gasteiger partial charge in [0.25, 0.3) is 0 Å². The average molecular weight is 375 g/mol. The zero-order valence-corrected chi connectivity index (χ0v) is 18.2. The predicted molar refractivity (Wildman–Crippen MR) is 116 cm³/mol. The topological polar surface area (TPSA) is 24.5 Å². The second kappa shape index (κ2) is 12.4. The zero-order valence-electron chi connectivity index (χ0n) is 18.2. The van der Waals surface area contributed by atoms with Gasteiger partial charge in [0, 0.05) is 19.6 Å². The lowest BCUT2D eigenvalue weighted by Crippen LogP contribution is -2.35. The normalized spacial score (nSPS) is 21.4. The van der Waals surface area contributed by atoms with Crippen molar-refractivity contribution in [3.05, 3.63) is 29.8 Å². The van der Waals surface area contributed by atoms with Crippen LogP contribution in [-0.2, 0) is 6.54 Å². The van der Waals surface area contributed by atoms with Gasteiger partial charge in [-0.1, -0.05) is 38.8 Å². The van der Waals surface area contributed by atoms with Crippen LogP contribution in [0.1, 0.15) is 64.4 Å². The number of hydrogen-bond donors (Lipinski definition) is 1. The summed E-state index contributed by atoms with van der Waals surface area (Å²) in [6, 6.07) is 8.66. The highest BCUT2D eigenvalue weighted by Crippen LogP contribution is 2.30. The van der Waals surface area contributed by atoms with Gasteiger partial charge in [-0.2, -0.15) is 0 Å². The minimum Gasteiger partial charge on any atom is -0.497 e. The fourth-order valence-electron chi connectivity index (χ4n) is 4.66. The Labute approximate surface area is 167 Å². The third-order valence-corrected chi connectivity index (χ3v) is 6.33. The summed E-state index contributed by atoms with van der Waals surface area (Å²) in [6.07, 6.45) is 9.53. The molecule has 27 heavy (non-hydrogen) atoms. The molecule has 1 saturated carbocycles. The lowest BCUT2D eigenvalue weighted by molar-refractivity contribution is 0.150. The van der Waals surface area contributed by atoms with E-state index in [4.69, 9.17) is 4.74 Å². The highest BCUT2D eigenvalue weighted by molar-refractivity contribution is 5.27. The van der Waals surface area contributed by atoms with Crippen molar-refractivity contribution in [3.8, 4) is 5.75 Å². The van der Waals surface area contributed by atoms with E-state index in [2.05, 4.69) is 55.4 Å². The van der Waals surface area contributed by atoms with Gasteiger partial charge in [0.15, 0.2) is 0 Å². The van der Waals surface area contributed by atoms with Crippen LogP contribution in [0, 0.1) is 17.8 Å². The molecule has 1 aromatic carbocycles. The monoisotopic (exact) mass is 374 g/mol. The molecule has 1 fully saturated rings. The largest absolute Gasteiger partial charge is 0.497 e. The Hall–Kier alpha value is -1.06. The molecule has 0 spiro atoms. The first-order valence-electron chi connectivity index (χ1n) is 11.2. The van der Waals surface area contributed by atoms with Crippen molar-refractivity contribution in [1.82, 2.24) is 10.2 Å². The van der Waals surface area contributed by atoms with Crippen LogP contribution in [0.25, 0.3) is 0 Å². The van der Waals surface area contributed by atoms with Crippen molar-refractivity contribution < 1.29 is 4.74 Å². The number of nitrogens with one attached hydrogen (secondary N) is 1. The first-order chi connectivity index (χ1) is 13.2. The van der Waals surface area contributed by atoms with Gasteiger partial charge >= 0.3 is 0 Å². The maximum atomic E-state index is 5.32. The Kier molecular flexibility index (Phi) is 10.2. The van der Waals surface area contributed by atoms with Crippen LogP contribution >= 0.6 is 0 Å². The lowest BCUT2D eigenvalue weighted by Gasteiger charge is -2.34. The Bertz CT molecular complexity index is 494. The summed E-state index contributed by atoms with van der Waals surface area (Å²) in [4.78, 5) is 2.74. The summed E-state index contributed by atoms with van der Waals surface area (Å²) in [7, 11) is 3.82. The molecule has 3 nitrogen and oxygen atoms in total. The average Bonchev–Trinajstić information content (AvgIpc) is 2.70. The molecule has 0 radical (unpaired) electrons. The fourth-order valence-corrected chi connectivity index (χ4v) is 4.66. The number of methoxy groups -OCH3 is 1. The van der Waals surface area contributed by atoms with Crippen LogP contribution < -0.4 is 10.1 Å². The fraction of sp³-hybridized carbons (Fsp3) is 0.750. The summed E-state index contributed by atoms with van der Waals surface area (Å²) < 4.78 is 5.32. The van der Waals surface area contributed by atoms with Gasteiger partial charge in [0.05, 0.1) is 7.11 Å². The third kappa shape index (κ3) is 7.83. The van der Waals surface area contributed by atoms with Gasteiger partial charge in [0.1, 0.15) is 5.75 Å². The molecule has 1 aliphatic rings. The van der Waals surface area contributed by atoms with E-state index in [9.17, 15) is 0 Å². The van der Waals surface area contributed by atoms with Gasteiger partial charge in [0.2, 0.25) is 0 Å². The molecule has 154 valence electrons. The summed E-state index contributed by atoms with van der Waals surface area (Å²) in [5, 5.41) is 3.36. The van der Waals surface area contributed by atoms with E-state index in [0.29, 0.717) is 0 Å². The van der Waals surface area contributed by atoms with Gasteiger partial charge in [-0.15, -0.1) is 0 Å². The van der Waals surface area contributed by atoms with Gasteiger partial charge in [-0.25, -0.2) is 0 Å². The summed E-state index contributed by atoms with van der Waals surface area (Å²) in [5.74, 6) is 3.54. The van der Waals surface area contributed by atoms with Crippen LogP contribution in [0.4, 0.5) is 0 Å². The Morgan fingerprint density at radius 1 is 1.07 bits per heavy atom. The molecular weight excluding hydrogens is 332 g/mol. The minimum absolute atomic E-state index is 0.828. The van der Waals surface area contributed by atoms with E-state index in [-0.39, 0.29) is 0 Å². The van der Waals surface area contributed by atoms with Gasteiger partial charge in [-0.3, -0.25) is 4.90 Å². The number of ether oxygens (including phenoxy) is 1. The Balaban J connectivity index is 1.96. The van der Waals surface area contributed by atoms with Crippen LogP contribution in [0.5, 0.6) is 5.75 Å². The van der Waals surface area contributed by atoms with Gasteiger partial charge in [-0.05, 0) is 81.1 Å². The van der Waals surface area contributed by atoms with E-state index in [1.54, 1.807) is 7.11 Å². The van der Waals surface area contributed by atoms with E-state index in [1.807, 2.05) is 0 Å². The summed E-state index contributed by atoms with van der Waals surface area (Å²) in [5.41, 5.74) is 1.41. The molecule has 2 rings (SSSR count). The molecule has 3 heteroatoms. The maximum Gasteiger partial charge on any atom is 0.118 e. The van der Waals surface area contributed by atoms with Crippen molar-refractivity contribution in [1.29, 1.82) is 0 Å². The van der Waals surface area contributed by atoms with Crippen LogP contribution in [-0.4, -0.2) is 38.7 Å². The smallest absolute Gasteiger partial charge is 0.118 e. The van der Waals surface area contributed by atoms with Crippen LogP contribution in [0.15, 0.2) is 24.3 Å². The molecule has 1 aromatic rings. The maximum absolute atomic E-state index is 5.32. The molecule has 0 bridgehead atoms. The second-order valence-corrected chi connectivity index (χ2v) is 8.55. The molecule has 0 aromatic heterocycles. The molecule has 0 heterocycles. The molecule has 0 amide bonds. The number of hydrogen-bond acceptors (Lipinski definition) is 3. The van der Waals surface area contributed by atoms with Crippen molar-refractivity contribution >= 4 is 0 Å². The molecule has 1 unspecified atom stereocenters. The zero-order chi connectivity index (χ0) is 19.5. The number of benzene rings is 1. The molecule has 1 aliphatic carbocycles. The Morgan fingerprint density at radius 3 is 2.30 bits per heavy atom. The third-order valence-electron chi connectivity index (χ3n) is 6.33.